The largest absolute Gasteiger partial charge is 0.369 e. The number of pyridine rings is 1. The number of aromatic nitrogens is 1. The summed E-state index contributed by atoms with van der Waals surface area (Å²) in [5.74, 6) is -1.04. The predicted molar refractivity (Wildman–Crippen MR) is 87.4 cm³/mol. The van der Waals surface area contributed by atoms with Crippen LogP contribution in [-0.2, 0) is 4.79 Å². The summed E-state index contributed by atoms with van der Waals surface area (Å²) in [6.07, 6.45) is 3.50. The Morgan fingerprint density at radius 3 is 2.67 bits per heavy atom. The van der Waals surface area contributed by atoms with Crippen LogP contribution >= 0.6 is 0 Å². The molecule has 6 heteroatoms. The third-order valence-electron chi connectivity index (χ3n) is 4.32. The van der Waals surface area contributed by atoms with Gasteiger partial charge in [-0.25, -0.2) is 4.39 Å². The number of nitrogens with zero attached hydrogens (tertiary/aromatic N) is 1. The Morgan fingerprint density at radius 2 is 2.04 bits per heavy atom. The molecule has 0 radical (unpaired) electrons. The second-order valence-electron chi connectivity index (χ2n) is 6.03. The number of amides is 2. The molecule has 1 fully saturated rings. The van der Waals surface area contributed by atoms with Gasteiger partial charge in [-0.15, -0.1) is 0 Å². The van der Waals surface area contributed by atoms with Crippen LogP contribution in [-0.4, -0.2) is 22.8 Å². The van der Waals surface area contributed by atoms with Crippen LogP contribution in [0.4, 0.5) is 4.39 Å². The van der Waals surface area contributed by atoms with E-state index in [1.165, 1.54) is 18.3 Å². The van der Waals surface area contributed by atoms with Gasteiger partial charge >= 0.3 is 0 Å². The van der Waals surface area contributed by atoms with E-state index in [4.69, 9.17) is 5.73 Å². The number of nitrogens with one attached hydrogen (secondary N) is 1. The molecule has 1 saturated carbocycles. The Hall–Kier alpha value is -2.76. The van der Waals surface area contributed by atoms with E-state index < -0.39 is 0 Å². The molecule has 0 unspecified atom stereocenters. The van der Waals surface area contributed by atoms with Crippen LogP contribution in [0.1, 0.15) is 29.6 Å². The number of carbonyl (C=O) groups is 2. The van der Waals surface area contributed by atoms with Crippen molar-refractivity contribution in [2.45, 2.75) is 25.3 Å². The minimum absolute atomic E-state index is 0.0436. The van der Waals surface area contributed by atoms with Crippen LogP contribution in [0.2, 0.25) is 0 Å². The smallest absolute Gasteiger partial charge is 0.253 e. The molecule has 3 N–H and O–H groups in total. The minimum Gasteiger partial charge on any atom is -0.369 e. The van der Waals surface area contributed by atoms with Gasteiger partial charge in [0.15, 0.2) is 0 Å². The number of nitrogens with two attached hydrogens (primary N) is 1. The van der Waals surface area contributed by atoms with Gasteiger partial charge in [-0.3, -0.25) is 14.6 Å². The normalized spacial score (nSPS) is 19.9. The number of primary amides is 1. The summed E-state index contributed by atoms with van der Waals surface area (Å²) in [5.41, 5.74) is 6.98. The van der Waals surface area contributed by atoms with E-state index in [9.17, 15) is 14.0 Å². The van der Waals surface area contributed by atoms with Gasteiger partial charge in [0.05, 0.1) is 11.3 Å². The summed E-state index contributed by atoms with van der Waals surface area (Å²) in [4.78, 5) is 27.7. The van der Waals surface area contributed by atoms with Crippen LogP contribution in [0.15, 0.2) is 42.6 Å². The van der Waals surface area contributed by atoms with Gasteiger partial charge in [0.2, 0.25) is 5.91 Å². The number of hydrogen-bond donors (Lipinski definition) is 2. The van der Waals surface area contributed by atoms with Crippen LogP contribution in [0.3, 0.4) is 0 Å². The van der Waals surface area contributed by atoms with Crippen molar-refractivity contribution in [3.63, 3.8) is 0 Å². The molecule has 0 bridgehead atoms. The van der Waals surface area contributed by atoms with E-state index in [2.05, 4.69) is 10.3 Å². The summed E-state index contributed by atoms with van der Waals surface area (Å²) in [7, 11) is 0. The lowest BCUT2D eigenvalue weighted by Crippen LogP contribution is -2.33. The molecular weight excluding hydrogens is 309 g/mol. The maximum absolute atomic E-state index is 13.3. The van der Waals surface area contributed by atoms with Crippen LogP contribution in [0.5, 0.6) is 0 Å². The van der Waals surface area contributed by atoms with Gasteiger partial charge in [-0.05, 0) is 43.5 Å². The molecule has 0 spiro atoms. The molecule has 124 valence electrons. The molecule has 1 aliphatic carbocycles. The molecule has 1 aromatic heterocycles. The maximum atomic E-state index is 13.3. The van der Waals surface area contributed by atoms with Crippen molar-refractivity contribution in [2.75, 3.05) is 0 Å². The molecule has 3 rings (SSSR count). The quantitative estimate of drug-likeness (QED) is 0.903. The Balaban J connectivity index is 1.65. The van der Waals surface area contributed by atoms with Gasteiger partial charge in [0.1, 0.15) is 5.82 Å². The molecule has 0 saturated heterocycles. The molecular formula is C18H18FN3O2. The first-order valence-corrected chi connectivity index (χ1v) is 7.85. The first-order chi connectivity index (χ1) is 11.5. The second-order valence-corrected chi connectivity index (χ2v) is 6.03. The maximum Gasteiger partial charge on any atom is 0.253 e. The fourth-order valence-electron chi connectivity index (χ4n) is 2.99. The zero-order chi connectivity index (χ0) is 17.1. The highest BCUT2D eigenvalue weighted by Gasteiger charge is 2.29. The first kappa shape index (κ1) is 16.1. The highest BCUT2D eigenvalue weighted by molar-refractivity contribution is 5.94. The molecule has 1 heterocycles. The van der Waals surface area contributed by atoms with E-state index in [0.717, 1.165) is 6.42 Å². The third kappa shape index (κ3) is 3.59. The lowest BCUT2D eigenvalue weighted by atomic mass is 10.1. The van der Waals surface area contributed by atoms with E-state index in [1.807, 2.05) is 0 Å². The molecule has 2 aromatic rings. The van der Waals surface area contributed by atoms with Gasteiger partial charge in [-0.2, -0.15) is 0 Å². The van der Waals surface area contributed by atoms with Gasteiger partial charge in [-0.1, -0.05) is 12.1 Å². The Labute approximate surface area is 139 Å². The highest BCUT2D eigenvalue weighted by Crippen LogP contribution is 2.25. The van der Waals surface area contributed by atoms with Crippen molar-refractivity contribution >= 4 is 11.8 Å². The van der Waals surface area contributed by atoms with Crippen LogP contribution < -0.4 is 11.1 Å². The van der Waals surface area contributed by atoms with Gasteiger partial charge in [0.25, 0.3) is 5.91 Å². The van der Waals surface area contributed by atoms with Crippen molar-refractivity contribution in [3.8, 4) is 11.3 Å². The molecule has 0 aliphatic heterocycles. The Morgan fingerprint density at radius 1 is 1.21 bits per heavy atom. The first-order valence-electron chi connectivity index (χ1n) is 7.85. The number of benzene rings is 1. The number of carbonyl (C=O) groups excluding carboxylic acids is 2. The second kappa shape index (κ2) is 6.78. The molecule has 1 aromatic carbocycles. The lowest BCUT2D eigenvalue weighted by Gasteiger charge is -2.12. The summed E-state index contributed by atoms with van der Waals surface area (Å²) in [6, 6.07) is 9.43. The lowest BCUT2D eigenvalue weighted by molar-refractivity contribution is -0.121. The standard InChI is InChI=1S/C18H18FN3O2/c19-14-3-1-2-11(8-14)16-7-5-13(10-21-16)18(24)22-15-6-4-12(9-15)17(20)23/h1-3,5,7-8,10,12,15H,4,6,9H2,(H2,20,23)(H,22,24)/t12-,15+/m1/s1. The minimum atomic E-state index is -0.332. The van der Waals surface area contributed by atoms with E-state index in [0.29, 0.717) is 29.7 Å². The average molecular weight is 327 g/mol. The average Bonchev–Trinajstić information content (AvgIpc) is 3.04. The molecule has 2 atom stereocenters. The summed E-state index contributed by atoms with van der Waals surface area (Å²) < 4.78 is 13.3. The molecule has 2 amide bonds. The Bertz CT molecular complexity index is 761. The summed E-state index contributed by atoms with van der Waals surface area (Å²) >= 11 is 0. The van der Waals surface area contributed by atoms with E-state index >= 15 is 0 Å². The molecule has 5 nitrogen and oxygen atoms in total. The molecule has 1 aliphatic rings. The van der Waals surface area contributed by atoms with Crippen molar-refractivity contribution < 1.29 is 14.0 Å². The highest BCUT2D eigenvalue weighted by atomic mass is 19.1. The van der Waals surface area contributed by atoms with Crippen molar-refractivity contribution in [3.05, 3.63) is 54.0 Å². The monoisotopic (exact) mass is 327 g/mol. The fraction of sp³-hybridized carbons (Fsp3) is 0.278. The zero-order valence-corrected chi connectivity index (χ0v) is 13.0. The fourth-order valence-corrected chi connectivity index (χ4v) is 2.99. The topological polar surface area (TPSA) is 85.1 Å². The molecule has 24 heavy (non-hydrogen) atoms. The van der Waals surface area contributed by atoms with E-state index in [1.54, 1.807) is 24.3 Å². The number of hydrogen-bond acceptors (Lipinski definition) is 3. The number of rotatable bonds is 4. The number of halogens is 1. The van der Waals surface area contributed by atoms with Crippen LogP contribution in [0.25, 0.3) is 11.3 Å². The summed E-state index contributed by atoms with van der Waals surface area (Å²) in [5, 5.41) is 2.90. The van der Waals surface area contributed by atoms with Crippen molar-refractivity contribution in [2.24, 2.45) is 11.7 Å². The van der Waals surface area contributed by atoms with Gasteiger partial charge < -0.3 is 11.1 Å². The van der Waals surface area contributed by atoms with Crippen molar-refractivity contribution in [1.82, 2.24) is 10.3 Å². The van der Waals surface area contributed by atoms with Gasteiger partial charge in [0, 0.05) is 23.7 Å². The predicted octanol–water partition coefficient (Wildman–Crippen LogP) is 2.27. The van der Waals surface area contributed by atoms with E-state index in [-0.39, 0.29) is 29.6 Å². The van der Waals surface area contributed by atoms with Crippen molar-refractivity contribution in [1.29, 1.82) is 0 Å². The third-order valence-corrected chi connectivity index (χ3v) is 4.32. The zero-order valence-electron chi connectivity index (χ0n) is 13.0. The SMILES string of the molecule is NC(=O)[C@@H]1CC[C@H](NC(=O)c2ccc(-c3cccc(F)c3)nc2)C1. The Kier molecular flexibility index (Phi) is 4.55. The summed E-state index contributed by atoms with van der Waals surface area (Å²) in [6.45, 7) is 0. The van der Waals surface area contributed by atoms with Crippen LogP contribution in [0, 0.1) is 11.7 Å².